The standard InChI is InChI=1S/C20H18ClNO3/c1-12(23)4-7-16-15-8-6-14(21)11-17(15)22-20(16)13-5-9-18(24-2)19(10-13)25-3/h4-11,22H,1-3H3/b7-4+. The zero-order valence-corrected chi connectivity index (χ0v) is 15.0. The van der Waals surface area contributed by atoms with Crippen molar-refractivity contribution >= 4 is 34.4 Å². The number of hydrogen-bond acceptors (Lipinski definition) is 3. The summed E-state index contributed by atoms with van der Waals surface area (Å²) in [5, 5.41) is 1.64. The van der Waals surface area contributed by atoms with Gasteiger partial charge in [-0.2, -0.15) is 0 Å². The number of allylic oxidation sites excluding steroid dienone is 1. The molecule has 5 heteroatoms. The van der Waals surface area contributed by atoms with E-state index in [0.29, 0.717) is 16.5 Å². The number of halogens is 1. The van der Waals surface area contributed by atoms with Crippen LogP contribution in [0.5, 0.6) is 11.5 Å². The molecule has 4 nitrogen and oxygen atoms in total. The molecule has 0 amide bonds. The molecular weight excluding hydrogens is 338 g/mol. The van der Waals surface area contributed by atoms with E-state index in [-0.39, 0.29) is 5.78 Å². The molecule has 1 heterocycles. The number of carbonyl (C=O) groups excluding carboxylic acids is 1. The van der Waals surface area contributed by atoms with Crippen molar-refractivity contribution in [3.8, 4) is 22.8 Å². The molecule has 1 N–H and O–H groups in total. The third kappa shape index (κ3) is 3.39. The Morgan fingerprint density at radius 1 is 1.08 bits per heavy atom. The number of hydrogen-bond donors (Lipinski definition) is 1. The Kier molecular flexibility index (Phi) is 4.81. The quantitative estimate of drug-likeness (QED) is 0.647. The minimum atomic E-state index is -0.0124. The van der Waals surface area contributed by atoms with Crippen LogP contribution in [0.2, 0.25) is 5.02 Å². The Morgan fingerprint density at radius 2 is 1.84 bits per heavy atom. The maximum atomic E-state index is 11.4. The van der Waals surface area contributed by atoms with Crippen molar-refractivity contribution in [1.82, 2.24) is 4.98 Å². The van der Waals surface area contributed by atoms with Gasteiger partial charge in [-0.05, 0) is 49.4 Å². The Bertz CT molecular complexity index is 972. The molecule has 128 valence electrons. The van der Waals surface area contributed by atoms with Crippen LogP contribution in [0, 0.1) is 0 Å². The fraction of sp³-hybridized carbons (Fsp3) is 0.150. The molecule has 0 bridgehead atoms. The number of H-pyrrole nitrogens is 1. The van der Waals surface area contributed by atoms with Crippen molar-refractivity contribution in [2.45, 2.75) is 6.92 Å². The highest BCUT2D eigenvalue weighted by molar-refractivity contribution is 6.31. The minimum absolute atomic E-state index is 0.0124. The molecule has 2 aromatic carbocycles. The number of nitrogens with one attached hydrogen (secondary N) is 1. The number of rotatable bonds is 5. The van der Waals surface area contributed by atoms with E-state index < -0.39 is 0 Å². The Balaban J connectivity index is 2.24. The van der Waals surface area contributed by atoms with E-state index in [9.17, 15) is 4.79 Å². The van der Waals surface area contributed by atoms with Crippen LogP contribution in [-0.2, 0) is 4.79 Å². The molecule has 0 unspecified atom stereocenters. The van der Waals surface area contributed by atoms with Crippen LogP contribution in [0.25, 0.3) is 28.2 Å². The first-order valence-electron chi connectivity index (χ1n) is 7.75. The van der Waals surface area contributed by atoms with Crippen LogP contribution in [0.15, 0.2) is 42.5 Å². The number of ketones is 1. The van der Waals surface area contributed by atoms with Crippen molar-refractivity contribution in [2.75, 3.05) is 14.2 Å². The summed E-state index contributed by atoms with van der Waals surface area (Å²) in [5.74, 6) is 1.28. The monoisotopic (exact) mass is 355 g/mol. The summed E-state index contributed by atoms with van der Waals surface area (Å²) < 4.78 is 10.7. The second-order valence-corrected chi connectivity index (χ2v) is 6.05. The number of aromatic amines is 1. The molecule has 0 aliphatic rings. The number of aromatic nitrogens is 1. The summed E-state index contributed by atoms with van der Waals surface area (Å²) in [6, 6.07) is 11.3. The van der Waals surface area contributed by atoms with Gasteiger partial charge in [0, 0.05) is 27.1 Å². The van der Waals surface area contributed by atoms with Gasteiger partial charge in [0.05, 0.1) is 19.9 Å². The largest absolute Gasteiger partial charge is 0.493 e. The number of methoxy groups -OCH3 is 2. The molecule has 1 aromatic heterocycles. The molecular formula is C20H18ClNO3. The predicted octanol–water partition coefficient (Wildman–Crippen LogP) is 5.11. The smallest absolute Gasteiger partial charge is 0.161 e. The van der Waals surface area contributed by atoms with Crippen LogP contribution in [0.1, 0.15) is 12.5 Å². The number of benzene rings is 2. The van der Waals surface area contributed by atoms with Crippen LogP contribution >= 0.6 is 11.6 Å². The molecule has 0 aliphatic heterocycles. The molecule has 3 rings (SSSR count). The van der Waals surface area contributed by atoms with Gasteiger partial charge in [-0.1, -0.05) is 17.7 Å². The van der Waals surface area contributed by atoms with Gasteiger partial charge in [-0.15, -0.1) is 0 Å². The summed E-state index contributed by atoms with van der Waals surface area (Å²) >= 11 is 6.11. The van der Waals surface area contributed by atoms with E-state index in [0.717, 1.165) is 27.7 Å². The van der Waals surface area contributed by atoms with Gasteiger partial charge >= 0.3 is 0 Å². The van der Waals surface area contributed by atoms with Crippen molar-refractivity contribution in [3.05, 3.63) is 53.1 Å². The molecule has 0 saturated heterocycles. The SMILES string of the molecule is COc1ccc(-c2[nH]c3cc(Cl)ccc3c2/C=C/C(C)=O)cc1OC. The Labute approximate surface area is 151 Å². The summed E-state index contributed by atoms with van der Waals surface area (Å²) in [6.07, 6.45) is 3.38. The number of ether oxygens (including phenoxy) is 2. The van der Waals surface area contributed by atoms with E-state index in [1.165, 1.54) is 6.92 Å². The van der Waals surface area contributed by atoms with Crippen LogP contribution in [-0.4, -0.2) is 25.0 Å². The van der Waals surface area contributed by atoms with Gasteiger partial charge in [0.2, 0.25) is 0 Å². The van der Waals surface area contributed by atoms with Gasteiger partial charge in [-0.3, -0.25) is 4.79 Å². The van der Waals surface area contributed by atoms with Crippen molar-refractivity contribution < 1.29 is 14.3 Å². The second-order valence-electron chi connectivity index (χ2n) is 5.62. The lowest BCUT2D eigenvalue weighted by molar-refractivity contribution is -0.112. The van der Waals surface area contributed by atoms with E-state index >= 15 is 0 Å². The summed E-state index contributed by atoms with van der Waals surface area (Å²) in [6.45, 7) is 1.53. The van der Waals surface area contributed by atoms with E-state index in [1.54, 1.807) is 20.3 Å². The highest BCUT2D eigenvalue weighted by Crippen LogP contribution is 2.37. The zero-order chi connectivity index (χ0) is 18.0. The third-order valence-electron chi connectivity index (χ3n) is 3.96. The van der Waals surface area contributed by atoms with Crippen molar-refractivity contribution in [3.63, 3.8) is 0 Å². The fourth-order valence-corrected chi connectivity index (χ4v) is 2.96. The highest BCUT2D eigenvalue weighted by Gasteiger charge is 2.14. The average molecular weight is 356 g/mol. The normalized spacial score (nSPS) is 11.2. The highest BCUT2D eigenvalue weighted by atomic mass is 35.5. The summed E-state index contributed by atoms with van der Waals surface area (Å²) in [7, 11) is 3.20. The van der Waals surface area contributed by atoms with Gasteiger partial charge in [0.15, 0.2) is 17.3 Å². The van der Waals surface area contributed by atoms with Crippen molar-refractivity contribution in [1.29, 1.82) is 0 Å². The van der Waals surface area contributed by atoms with E-state index in [1.807, 2.05) is 42.5 Å². The van der Waals surface area contributed by atoms with Gasteiger partial charge in [-0.25, -0.2) is 0 Å². The first kappa shape index (κ1) is 17.1. The van der Waals surface area contributed by atoms with E-state index in [4.69, 9.17) is 21.1 Å². The first-order chi connectivity index (χ1) is 12.0. The Morgan fingerprint density at radius 3 is 2.52 bits per heavy atom. The van der Waals surface area contributed by atoms with E-state index in [2.05, 4.69) is 4.98 Å². The van der Waals surface area contributed by atoms with Crippen LogP contribution < -0.4 is 9.47 Å². The second kappa shape index (κ2) is 7.03. The molecule has 0 spiro atoms. The van der Waals surface area contributed by atoms with Gasteiger partial charge < -0.3 is 14.5 Å². The molecule has 0 radical (unpaired) electrons. The lowest BCUT2D eigenvalue weighted by Crippen LogP contribution is -1.91. The predicted molar refractivity (Wildman–Crippen MR) is 102 cm³/mol. The van der Waals surface area contributed by atoms with Crippen LogP contribution in [0.4, 0.5) is 0 Å². The van der Waals surface area contributed by atoms with Gasteiger partial charge in [0.1, 0.15) is 0 Å². The van der Waals surface area contributed by atoms with Crippen molar-refractivity contribution in [2.24, 2.45) is 0 Å². The summed E-state index contributed by atoms with van der Waals surface area (Å²) in [5.41, 5.74) is 3.64. The molecule has 0 fully saturated rings. The molecule has 0 aliphatic carbocycles. The Hall–Kier alpha value is -2.72. The minimum Gasteiger partial charge on any atom is -0.493 e. The molecule has 3 aromatic rings. The lowest BCUT2D eigenvalue weighted by Gasteiger charge is -2.09. The number of carbonyl (C=O) groups is 1. The lowest BCUT2D eigenvalue weighted by atomic mass is 10.0. The fourth-order valence-electron chi connectivity index (χ4n) is 2.78. The van der Waals surface area contributed by atoms with Gasteiger partial charge in [0.25, 0.3) is 0 Å². The maximum absolute atomic E-state index is 11.4. The first-order valence-corrected chi connectivity index (χ1v) is 8.13. The topological polar surface area (TPSA) is 51.3 Å². The summed E-state index contributed by atoms with van der Waals surface area (Å²) in [4.78, 5) is 14.8. The van der Waals surface area contributed by atoms with Crippen LogP contribution in [0.3, 0.4) is 0 Å². The number of fused-ring (bicyclic) bond motifs is 1. The third-order valence-corrected chi connectivity index (χ3v) is 4.19. The average Bonchev–Trinajstić information content (AvgIpc) is 2.96. The molecule has 0 saturated carbocycles. The zero-order valence-electron chi connectivity index (χ0n) is 14.2. The molecule has 25 heavy (non-hydrogen) atoms. The molecule has 0 atom stereocenters. The maximum Gasteiger partial charge on any atom is 0.161 e.